The van der Waals surface area contributed by atoms with Crippen LogP contribution in [-0.2, 0) is 5.66 Å². The highest BCUT2D eigenvalue weighted by Crippen LogP contribution is 2.41. The Labute approximate surface area is 128 Å². The smallest absolute Gasteiger partial charge is 0.271 e. The van der Waals surface area contributed by atoms with E-state index in [1.807, 2.05) is 0 Å². The van der Waals surface area contributed by atoms with Gasteiger partial charge in [-0.25, -0.2) is 0 Å². The SMILES string of the molecule is O=C1NC2(CC3CCC(C2)N3)n2c1c(Cl)cc(Br)c2=O. The monoisotopic (exact) mass is 357 g/mol. The molecule has 0 saturated carbocycles. The number of nitrogens with one attached hydrogen (secondary N) is 2. The third kappa shape index (κ3) is 1.58. The number of hydrogen-bond donors (Lipinski definition) is 2. The zero-order valence-corrected chi connectivity index (χ0v) is 12.9. The Morgan fingerprint density at radius 3 is 2.60 bits per heavy atom. The molecule has 0 aromatic carbocycles. The van der Waals surface area contributed by atoms with Crippen molar-refractivity contribution in [1.29, 1.82) is 0 Å². The molecule has 3 aliphatic heterocycles. The Bertz CT molecular complexity index is 675. The lowest BCUT2D eigenvalue weighted by Crippen LogP contribution is -2.57. The molecule has 1 aromatic rings. The quantitative estimate of drug-likeness (QED) is 0.740. The number of piperidine rings is 1. The van der Waals surface area contributed by atoms with Crippen LogP contribution in [0.1, 0.15) is 36.2 Å². The normalized spacial score (nSPS) is 34.4. The van der Waals surface area contributed by atoms with Crippen molar-refractivity contribution >= 4 is 33.4 Å². The molecule has 2 fully saturated rings. The molecular weight excluding hydrogens is 346 g/mol. The summed E-state index contributed by atoms with van der Waals surface area (Å²) < 4.78 is 1.97. The van der Waals surface area contributed by atoms with E-state index in [-0.39, 0.29) is 11.5 Å². The second-order valence-electron chi connectivity index (χ2n) is 5.86. The number of nitrogens with zero attached hydrogens (tertiary/aromatic N) is 1. The molecule has 20 heavy (non-hydrogen) atoms. The van der Waals surface area contributed by atoms with Gasteiger partial charge in [-0.15, -0.1) is 0 Å². The standard InChI is InChI=1S/C13H13BrClN3O2/c14-8-3-9(15)10-11(19)17-13(18(10)12(8)20)4-6-1-2-7(5-13)16-6/h3,6-7,16H,1-2,4-5H2,(H,17,19). The molecule has 2 atom stereocenters. The third-order valence-electron chi connectivity index (χ3n) is 4.60. The molecule has 4 heterocycles. The lowest BCUT2D eigenvalue weighted by Gasteiger charge is -2.39. The third-order valence-corrected chi connectivity index (χ3v) is 5.46. The van der Waals surface area contributed by atoms with E-state index < -0.39 is 5.66 Å². The molecule has 2 bridgehead atoms. The lowest BCUT2D eigenvalue weighted by atomic mass is 9.92. The minimum atomic E-state index is -0.617. The summed E-state index contributed by atoms with van der Waals surface area (Å²) in [6, 6.07) is 2.21. The Hall–Kier alpha value is -0.850. The average Bonchev–Trinajstić information content (AvgIpc) is 2.85. The minimum Gasteiger partial charge on any atom is -0.327 e. The molecule has 1 spiro atoms. The van der Waals surface area contributed by atoms with Gasteiger partial charge in [0.2, 0.25) is 0 Å². The largest absolute Gasteiger partial charge is 0.327 e. The van der Waals surface area contributed by atoms with Crippen LogP contribution in [0.4, 0.5) is 0 Å². The van der Waals surface area contributed by atoms with Gasteiger partial charge < -0.3 is 10.6 Å². The van der Waals surface area contributed by atoms with Gasteiger partial charge in [0, 0.05) is 24.9 Å². The van der Waals surface area contributed by atoms with E-state index in [9.17, 15) is 9.59 Å². The first-order valence-corrected chi connectivity index (χ1v) is 7.87. The first kappa shape index (κ1) is 12.9. The van der Waals surface area contributed by atoms with Crippen LogP contribution in [0, 0.1) is 0 Å². The van der Waals surface area contributed by atoms with Crippen LogP contribution in [0.3, 0.4) is 0 Å². The number of aromatic nitrogens is 1. The molecule has 4 rings (SSSR count). The fourth-order valence-corrected chi connectivity index (χ4v) is 4.73. The zero-order valence-electron chi connectivity index (χ0n) is 10.6. The molecule has 0 aliphatic carbocycles. The molecule has 2 N–H and O–H groups in total. The lowest BCUT2D eigenvalue weighted by molar-refractivity contribution is 0.0851. The van der Waals surface area contributed by atoms with E-state index >= 15 is 0 Å². The number of rotatable bonds is 0. The Balaban J connectivity index is 1.96. The molecular formula is C13H13BrClN3O2. The van der Waals surface area contributed by atoms with Gasteiger partial charge in [-0.05, 0) is 34.8 Å². The Morgan fingerprint density at radius 2 is 1.95 bits per heavy atom. The topological polar surface area (TPSA) is 63.1 Å². The molecule has 3 aliphatic rings. The van der Waals surface area contributed by atoms with Gasteiger partial charge in [0.25, 0.3) is 11.5 Å². The zero-order chi connectivity index (χ0) is 14.1. The van der Waals surface area contributed by atoms with Crippen LogP contribution in [0.15, 0.2) is 15.3 Å². The van der Waals surface area contributed by atoms with Crippen molar-refractivity contribution < 1.29 is 4.79 Å². The number of carbonyl (C=O) groups excluding carboxylic acids is 1. The highest BCUT2D eigenvalue weighted by molar-refractivity contribution is 9.10. The van der Waals surface area contributed by atoms with Crippen molar-refractivity contribution in [1.82, 2.24) is 15.2 Å². The molecule has 2 saturated heterocycles. The van der Waals surface area contributed by atoms with Crippen LogP contribution in [-0.4, -0.2) is 22.6 Å². The Morgan fingerprint density at radius 1 is 1.30 bits per heavy atom. The van der Waals surface area contributed by atoms with Crippen molar-refractivity contribution in [3.63, 3.8) is 0 Å². The summed E-state index contributed by atoms with van der Waals surface area (Å²) in [4.78, 5) is 24.8. The minimum absolute atomic E-state index is 0.191. The van der Waals surface area contributed by atoms with Crippen molar-refractivity contribution in [3.05, 3.63) is 31.6 Å². The fraction of sp³-hybridized carbons (Fsp3) is 0.538. The van der Waals surface area contributed by atoms with E-state index in [0.29, 0.717) is 27.3 Å². The van der Waals surface area contributed by atoms with Crippen LogP contribution in [0.2, 0.25) is 5.02 Å². The summed E-state index contributed by atoms with van der Waals surface area (Å²) in [7, 11) is 0. The molecule has 0 radical (unpaired) electrons. The van der Waals surface area contributed by atoms with E-state index in [1.165, 1.54) is 6.07 Å². The predicted molar refractivity (Wildman–Crippen MR) is 78.0 cm³/mol. The average molecular weight is 359 g/mol. The van der Waals surface area contributed by atoms with Crippen molar-refractivity contribution in [2.24, 2.45) is 0 Å². The molecule has 2 unspecified atom stereocenters. The van der Waals surface area contributed by atoms with Gasteiger partial charge in [-0.1, -0.05) is 11.6 Å². The van der Waals surface area contributed by atoms with Gasteiger partial charge in [0.15, 0.2) is 0 Å². The number of amides is 1. The van der Waals surface area contributed by atoms with Crippen molar-refractivity contribution in [2.75, 3.05) is 0 Å². The van der Waals surface area contributed by atoms with Gasteiger partial charge in [-0.3, -0.25) is 14.2 Å². The molecule has 1 amide bonds. The summed E-state index contributed by atoms with van der Waals surface area (Å²) in [6.45, 7) is 0. The maximum atomic E-state index is 12.5. The summed E-state index contributed by atoms with van der Waals surface area (Å²) >= 11 is 9.41. The van der Waals surface area contributed by atoms with Gasteiger partial charge >= 0.3 is 0 Å². The summed E-state index contributed by atoms with van der Waals surface area (Å²) in [5.41, 5.74) is -0.515. The second kappa shape index (κ2) is 4.08. The summed E-state index contributed by atoms with van der Waals surface area (Å²) in [5.74, 6) is -0.249. The maximum absolute atomic E-state index is 12.5. The highest BCUT2D eigenvalue weighted by Gasteiger charge is 2.51. The Kier molecular flexibility index (Phi) is 2.63. The molecule has 7 heteroatoms. The first-order chi connectivity index (χ1) is 9.50. The van der Waals surface area contributed by atoms with Crippen LogP contribution in [0.5, 0.6) is 0 Å². The fourth-order valence-electron chi connectivity index (χ4n) is 3.91. The molecule has 1 aromatic heterocycles. The molecule has 5 nitrogen and oxygen atoms in total. The van der Waals surface area contributed by atoms with Crippen molar-refractivity contribution in [3.8, 4) is 0 Å². The van der Waals surface area contributed by atoms with Crippen molar-refractivity contribution in [2.45, 2.75) is 43.4 Å². The first-order valence-electron chi connectivity index (χ1n) is 6.70. The summed E-state index contributed by atoms with van der Waals surface area (Å²) in [5, 5.41) is 6.86. The predicted octanol–water partition coefficient (Wildman–Crippen LogP) is 1.57. The van der Waals surface area contributed by atoms with Crippen LogP contribution < -0.4 is 16.2 Å². The van der Waals surface area contributed by atoms with E-state index in [4.69, 9.17) is 11.6 Å². The molecule has 106 valence electrons. The number of carbonyl (C=O) groups is 1. The number of halogens is 2. The summed E-state index contributed by atoms with van der Waals surface area (Å²) in [6.07, 6.45) is 3.64. The maximum Gasteiger partial charge on any atom is 0.271 e. The van der Waals surface area contributed by atoms with E-state index in [1.54, 1.807) is 4.57 Å². The van der Waals surface area contributed by atoms with Crippen LogP contribution >= 0.6 is 27.5 Å². The van der Waals surface area contributed by atoms with E-state index in [0.717, 1.165) is 25.7 Å². The van der Waals surface area contributed by atoms with Gasteiger partial charge in [0.05, 0.1) is 9.50 Å². The second-order valence-corrected chi connectivity index (χ2v) is 7.12. The van der Waals surface area contributed by atoms with Gasteiger partial charge in [-0.2, -0.15) is 0 Å². The highest BCUT2D eigenvalue weighted by atomic mass is 79.9. The van der Waals surface area contributed by atoms with E-state index in [2.05, 4.69) is 26.6 Å². The number of pyridine rings is 1. The number of fused-ring (bicyclic) bond motifs is 4. The van der Waals surface area contributed by atoms with Gasteiger partial charge in [0.1, 0.15) is 11.4 Å². The number of hydrogen-bond acceptors (Lipinski definition) is 3. The van der Waals surface area contributed by atoms with Crippen LogP contribution in [0.25, 0.3) is 0 Å².